The maximum Gasteiger partial charge on any atom is 0.247 e. The number of ether oxygens (including phenoxy) is 1. The molecular weight excluding hydrogens is 428 g/mol. The van der Waals surface area contributed by atoms with Gasteiger partial charge in [-0.15, -0.1) is 0 Å². The fourth-order valence-electron chi connectivity index (χ4n) is 3.81. The van der Waals surface area contributed by atoms with Crippen LogP contribution in [0.1, 0.15) is 52.0 Å². The highest BCUT2D eigenvalue weighted by atomic mass is 32.2. The number of sulfonamides is 1. The van der Waals surface area contributed by atoms with Gasteiger partial charge in [0, 0.05) is 43.5 Å². The Morgan fingerprint density at radius 1 is 1.38 bits per heavy atom. The number of rotatable bonds is 6. The average molecular weight is 463 g/mol. The molecular formula is C24H34N2O5S. The molecule has 0 spiro atoms. The topological polar surface area (TPSA) is 87.2 Å². The summed E-state index contributed by atoms with van der Waals surface area (Å²) in [4.78, 5) is 14.3. The molecule has 7 nitrogen and oxygen atoms in total. The molecule has 1 aromatic carbocycles. The molecule has 32 heavy (non-hydrogen) atoms. The third-order valence-corrected chi connectivity index (χ3v) is 8.05. The van der Waals surface area contributed by atoms with Gasteiger partial charge in [0.15, 0.2) is 0 Å². The first-order valence-corrected chi connectivity index (χ1v) is 12.8. The van der Waals surface area contributed by atoms with Crippen LogP contribution >= 0.6 is 0 Å². The quantitative estimate of drug-likeness (QED) is 0.657. The molecule has 0 aromatic heterocycles. The van der Waals surface area contributed by atoms with Gasteiger partial charge in [0.1, 0.15) is 16.7 Å². The van der Waals surface area contributed by atoms with E-state index in [0.29, 0.717) is 12.1 Å². The van der Waals surface area contributed by atoms with Gasteiger partial charge < -0.3 is 14.7 Å². The van der Waals surface area contributed by atoms with Crippen LogP contribution in [0.5, 0.6) is 5.75 Å². The number of hydrogen-bond acceptors (Lipinski definition) is 5. The van der Waals surface area contributed by atoms with Gasteiger partial charge in [-0.1, -0.05) is 25.7 Å². The molecule has 1 aliphatic carbocycles. The molecule has 3 rings (SSSR count). The number of fused-ring (bicyclic) bond motifs is 1. The van der Waals surface area contributed by atoms with E-state index in [9.17, 15) is 18.3 Å². The van der Waals surface area contributed by atoms with Crippen molar-refractivity contribution in [1.82, 2.24) is 9.21 Å². The third-order valence-electron chi connectivity index (χ3n) is 6.03. The number of likely N-dealkylation sites (N-methyl/N-ethyl adjacent to an activating group) is 1. The minimum absolute atomic E-state index is 0.0620. The Bertz CT molecular complexity index is 993. The predicted molar refractivity (Wildman–Crippen MR) is 123 cm³/mol. The predicted octanol–water partition coefficient (Wildman–Crippen LogP) is 2.48. The van der Waals surface area contributed by atoms with Crippen LogP contribution < -0.4 is 4.74 Å². The number of amides is 1. The minimum atomic E-state index is -3.88. The van der Waals surface area contributed by atoms with E-state index in [4.69, 9.17) is 4.74 Å². The molecule has 2 aliphatic rings. The molecule has 0 saturated heterocycles. The van der Waals surface area contributed by atoms with Crippen LogP contribution in [0.3, 0.4) is 0 Å². The van der Waals surface area contributed by atoms with Gasteiger partial charge in [-0.25, -0.2) is 8.42 Å². The monoisotopic (exact) mass is 462 g/mol. The molecule has 1 N–H and O–H groups in total. The van der Waals surface area contributed by atoms with E-state index in [2.05, 4.69) is 11.8 Å². The van der Waals surface area contributed by atoms with Gasteiger partial charge in [0.25, 0.3) is 0 Å². The number of carbonyl (C=O) groups is 1. The van der Waals surface area contributed by atoms with Gasteiger partial charge in [0.2, 0.25) is 15.9 Å². The Labute approximate surface area is 191 Å². The van der Waals surface area contributed by atoms with Crippen molar-refractivity contribution in [1.29, 1.82) is 0 Å². The lowest BCUT2D eigenvalue weighted by Gasteiger charge is -2.37. The SMILES string of the molecule is CCCC#Cc1ccc2c(c1)O[C@@H](CN(C)C(=O)C1CC1)[C@@H](C)CN([C@H](C)CO)S2(=O)=O. The lowest BCUT2D eigenvalue weighted by atomic mass is 10.0. The molecule has 1 aliphatic heterocycles. The first-order valence-electron chi connectivity index (χ1n) is 11.4. The van der Waals surface area contributed by atoms with Crippen molar-refractivity contribution in [3.8, 4) is 17.6 Å². The Hall–Kier alpha value is -2.08. The zero-order chi connectivity index (χ0) is 23.5. The highest BCUT2D eigenvalue weighted by molar-refractivity contribution is 7.89. The van der Waals surface area contributed by atoms with Crippen LogP contribution in [-0.2, 0) is 14.8 Å². The average Bonchev–Trinajstić information content (AvgIpc) is 3.60. The normalized spacial score (nSPS) is 23.5. The van der Waals surface area contributed by atoms with E-state index in [-0.39, 0.29) is 41.5 Å². The van der Waals surface area contributed by atoms with Crippen molar-refractivity contribution >= 4 is 15.9 Å². The van der Waals surface area contributed by atoms with Crippen LogP contribution in [0.2, 0.25) is 0 Å². The van der Waals surface area contributed by atoms with Crippen LogP contribution in [0.25, 0.3) is 0 Å². The molecule has 0 radical (unpaired) electrons. The smallest absolute Gasteiger partial charge is 0.247 e. The van der Waals surface area contributed by atoms with Crippen molar-refractivity contribution in [2.45, 2.75) is 63.5 Å². The highest BCUT2D eigenvalue weighted by Crippen LogP contribution is 2.35. The van der Waals surface area contributed by atoms with E-state index in [1.165, 1.54) is 10.4 Å². The number of carbonyl (C=O) groups excluding carboxylic acids is 1. The zero-order valence-corrected chi connectivity index (χ0v) is 20.2. The van der Waals surface area contributed by atoms with Crippen molar-refractivity contribution in [2.24, 2.45) is 11.8 Å². The van der Waals surface area contributed by atoms with E-state index < -0.39 is 22.2 Å². The number of nitrogens with zero attached hydrogens (tertiary/aromatic N) is 2. The lowest BCUT2D eigenvalue weighted by Crippen LogP contribution is -2.50. The Morgan fingerprint density at radius 2 is 2.09 bits per heavy atom. The summed E-state index contributed by atoms with van der Waals surface area (Å²) in [6.07, 6.45) is 3.15. The van der Waals surface area contributed by atoms with E-state index in [1.54, 1.807) is 31.0 Å². The molecule has 1 saturated carbocycles. The number of aliphatic hydroxyl groups excluding tert-OH is 1. The molecule has 0 bridgehead atoms. The summed E-state index contributed by atoms with van der Waals surface area (Å²) >= 11 is 0. The Kier molecular flexibility index (Phi) is 7.86. The maximum absolute atomic E-state index is 13.5. The molecule has 3 atom stereocenters. The van der Waals surface area contributed by atoms with Gasteiger partial charge >= 0.3 is 0 Å². The van der Waals surface area contributed by atoms with Crippen LogP contribution in [0.15, 0.2) is 23.1 Å². The van der Waals surface area contributed by atoms with Crippen LogP contribution in [-0.4, -0.2) is 67.5 Å². The van der Waals surface area contributed by atoms with Gasteiger partial charge in [-0.2, -0.15) is 4.31 Å². The van der Waals surface area contributed by atoms with Crippen molar-refractivity contribution in [3.63, 3.8) is 0 Å². The first-order chi connectivity index (χ1) is 15.2. The standard InChI is InChI=1S/C24H34N2O5S/c1-5-6-7-8-19-9-12-23-21(13-19)31-22(15-25(4)24(28)20-10-11-20)17(2)14-26(18(3)16-27)32(23,29)30/h9,12-13,17-18,20,22,27H,5-6,10-11,14-16H2,1-4H3/t17-,18+,22-/m0/s1. The summed E-state index contributed by atoms with van der Waals surface area (Å²) < 4.78 is 34.6. The van der Waals surface area contributed by atoms with Gasteiger partial charge in [-0.3, -0.25) is 4.79 Å². The second-order valence-electron chi connectivity index (χ2n) is 8.95. The van der Waals surface area contributed by atoms with Crippen molar-refractivity contribution < 1.29 is 23.1 Å². The third kappa shape index (κ3) is 5.45. The lowest BCUT2D eigenvalue weighted by molar-refractivity contribution is -0.132. The van der Waals surface area contributed by atoms with Gasteiger partial charge in [0.05, 0.1) is 13.2 Å². The molecule has 0 unspecified atom stereocenters. The van der Waals surface area contributed by atoms with Gasteiger partial charge in [-0.05, 0) is 44.4 Å². The first kappa shape index (κ1) is 24.6. The molecule has 8 heteroatoms. The summed E-state index contributed by atoms with van der Waals surface area (Å²) in [5.41, 5.74) is 0.684. The summed E-state index contributed by atoms with van der Waals surface area (Å²) in [6, 6.07) is 4.31. The molecule has 176 valence electrons. The second kappa shape index (κ2) is 10.2. The number of benzene rings is 1. The number of aliphatic hydroxyl groups is 1. The fourth-order valence-corrected chi connectivity index (χ4v) is 5.64. The van der Waals surface area contributed by atoms with Crippen LogP contribution in [0, 0.1) is 23.7 Å². The number of hydrogen-bond donors (Lipinski definition) is 1. The largest absolute Gasteiger partial charge is 0.487 e. The molecule has 1 aromatic rings. The Morgan fingerprint density at radius 3 is 2.72 bits per heavy atom. The zero-order valence-electron chi connectivity index (χ0n) is 19.4. The van der Waals surface area contributed by atoms with E-state index >= 15 is 0 Å². The Balaban J connectivity index is 2.01. The molecule has 1 amide bonds. The van der Waals surface area contributed by atoms with E-state index in [1.807, 2.05) is 13.8 Å². The van der Waals surface area contributed by atoms with Crippen molar-refractivity contribution in [2.75, 3.05) is 26.7 Å². The van der Waals surface area contributed by atoms with Crippen molar-refractivity contribution in [3.05, 3.63) is 23.8 Å². The summed E-state index contributed by atoms with van der Waals surface area (Å²) in [6.45, 7) is 5.93. The maximum atomic E-state index is 13.5. The fraction of sp³-hybridized carbons (Fsp3) is 0.625. The van der Waals surface area contributed by atoms with E-state index in [0.717, 1.165) is 25.7 Å². The highest BCUT2D eigenvalue weighted by Gasteiger charge is 2.39. The summed E-state index contributed by atoms with van der Waals surface area (Å²) in [5, 5.41) is 9.72. The van der Waals surface area contributed by atoms with Crippen LogP contribution in [0.4, 0.5) is 0 Å². The number of unbranched alkanes of at least 4 members (excludes halogenated alkanes) is 1. The minimum Gasteiger partial charge on any atom is -0.487 e. The molecule has 1 fully saturated rings. The second-order valence-corrected chi connectivity index (χ2v) is 10.8. The summed E-state index contributed by atoms with van der Waals surface area (Å²) in [5.74, 6) is 6.40. The molecule has 1 heterocycles. The summed E-state index contributed by atoms with van der Waals surface area (Å²) in [7, 11) is -2.11.